The van der Waals surface area contributed by atoms with Crippen molar-refractivity contribution in [3.63, 3.8) is 0 Å². The summed E-state index contributed by atoms with van der Waals surface area (Å²) in [5.41, 5.74) is 0. The minimum atomic E-state index is -0.636. The van der Waals surface area contributed by atoms with E-state index in [9.17, 15) is 14.7 Å². The third-order valence-corrected chi connectivity index (χ3v) is 3.95. The molecule has 3 atom stereocenters. The van der Waals surface area contributed by atoms with Gasteiger partial charge in [0, 0.05) is 12.3 Å². The summed E-state index contributed by atoms with van der Waals surface area (Å²) in [6.07, 6.45) is -0.636. The van der Waals surface area contributed by atoms with Crippen LogP contribution in [0.5, 0.6) is 0 Å². The Hall–Kier alpha value is -0.550. The standard InChI is InChI=1S/C8H11NO3S/c1-2-9-7(11)5-4(10)3-13-6(5)8(9)12/h4-6,10H,2-3H2,1H3/t4-,5-,6+/m1/s1. The summed E-state index contributed by atoms with van der Waals surface area (Å²) < 4.78 is 0. The normalized spacial score (nSPS) is 38.6. The van der Waals surface area contributed by atoms with Crippen LogP contribution in [0.4, 0.5) is 0 Å². The average molecular weight is 201 g/mol. The van der Waals surface area contributed by atoms with E-state index in [1.54, 1.807) is 6.92 Å². The maximum Gasteiger partial charge on any atom is 0.243 e. The Bertz CT molecular complexity index is 268. The van der Waals surface area contributed by atoms with Crippen LogP contribution >= 0.6 is 11.8 Å². The Balaban J connectivity index is 2.28. The third-order valence-electron chi connectivity index (χ3n) is 2.56. The van der Waals surface area contributed by atoms with Crippen molar-refractivity contribution >= 4 is 23.6 Å². The van der Waals surface area contributed by atoms with Gasteiger partial charge in [0.1, 0.15) is 0 Å². The molecule has 2 rings (SSSR count). The van der Waals surface area contributed by atoms with Gasteiger partial charge in [0.15, 0.2) is 0 Å². The predicted octanol–water partition coefficient (Wildman–Crippen LogP) is -0.532. The number of thioether (sulfide) groups is 1. The lowest BCUT2D eigenvalue weighted by Gasteiger charge is -2.13. The average Bonchev–Trinajstić information content (AvgIpc) is 2.57. The number of likely N-dealkylation sites (tertiary alicyclic amines) is 1. The Morgan fingerprint density at radius 3 is 2.77 bits per heavy atom. The van der Waals surface area contributed by atoms with Crippen molar-refractivity contribution in [3.8, 4) is 0 Å². The van der Waals surface area contributed by atoms with Gasteiger partial charge in [-0.2, -0.15) is 0 Å². The van der Waals surface area contributed by atoms with E-state index in [2.05, 4.69) is 0 Å². The van der Waals surface area contributed by atoms with Gasteiger partial charge in [0.05, 0.1) is 17.3 Å². The van der Waals surface area contributed by atoms with E-state index in [1.807, 2.05) is 0 Å². The molecule has 2 aliphatic heterocycles. The van der Waals surface area contributed by atoms with Crippen LogP contribution in [0.3, 0.4) is 0 Å². The second kappa shape index (κ2) is 2.99. The highest BCUT2D eigenvalue weighted by Gasteiger charge is 2.54. The molecule has 0 radical (unpaired) electrons. The molecule has 2 saturated heterocycles. The summed E-state index contributed by atoms with van der Waals surface area (Å²) in [5, 5.41) is 9.16. The highest BCUT2D eigenvalue weighted by molar-refractivity contribution is 8.01. The molecule has 2 aliphatic rings. The number of aliphatic hydroxyl groups excluding tert-OH is 1. The van der Waals surface area contributed by atoms with Crippen molar-refractivity contribution in [2.45, 2.75) is 18.3 Å². The number of fused-ring (bicyclic) bond motifs is 1. The van der Waals surface area contributed by atoms with Crippen LogP contribution in [0.1, 0.15) is 6.92 Å². The first-order valence-corrected chi connectivity index (χ1v) is 5.36. The molecular weight excluding hydrogens is 190 g/mol. The van der Waals surface area contributed by atoms with E-state index in [0.717, 1.165) is 0 Å². The zero-order valence-corrected chi connectivity index (χ0v) is 8.08. The minimum absolute atomic E-state index is 0.126. The summed E-state index contributed by atoms with van der Waals surface area (Å²) >= 11 is 1.39. The maximum atomic E-state index is 11.6. The van der Waals surface area contributed by atoms with Gasteiger partial charge >= 0.3 is 0 Å². The monoisotopic (exact) mass is 201 g/mol. The van der Waals surface area contributed by atoms with Crippen LogP contribution in [-0.4, -0.2) is 45.5 Å². The zero-order chi connectivity index (χ0) is 9.59. The highest BCUT2D eigenvalue weighted by atomic mass is 32.2. The molecule has 2 fully saturated rings. The summed E-state index contributed by atoms with van der Waals surface area (Å²) in [5.74, 6) is -0.295. The van der Waals surface area contributed by atoms with E-state index >= 15 is 0 Å². The Labute approximate surface area is 80.3 Å². The number of amides is 2. The lowest BCUT2D eigenvalue weighted by atomic mass is 10.0. The molecule has 4 nitrogen and oxygen atoms in total. The fourth-order valence-electron chi connectivity index (χ4n) is 1.88. The van der Waals surface area contributed by atoms with Crippen molar-refractivity contribution in [3.05, 3.63) is 0 Å². The second-order valence-electron chi connectivity index (χ2n) is 3.27. The molecule has 0 saturated carbocycles. The lowest BCUT2D eigenvalue weighted by Crippen LogP contribution is -2.34. The molecule has 5 heteroatoms. The number of nitrogens with zero attached hydrogens (tertiary/aromatic N) is 1. The molecule has 0 aromatic heterocycles. The van der Waals surface area contributed by atoms with Crippen LogP contribution in [0.2, 0.25) is 0 Å². The molecule has 72 valence electrons. The van der Waals surface area contributed by atoms with E-state index in [4.69, 9.17) is 0 Å². The number of carbonyl (C=O) groups is 2. The van der Waals surface area contributed by atoms with Crippen molar-refractivity contribution in [1.82, 2.24) is 4.90 Å². The number of rotatable bonds is 1. The van der Waals surface area contributed by atoms with Crippen molar-refractivity contribution in [1.29, 1.82) is 0 Å². The van der Waals surface area contributed by atoms with Gasteiger partial charge in [-0.3, -0.25) is 14.5 Å². The first-order valence-electron chi connectivity index (χ1n) is 4.31. The van der Waals surface area contributed by atoms with Crippen LogP contribution in [0, 0.1) is 5.92 Å². The first kappa shape index (κ1) is 9.02. The fraction of sp³-hybridized carbons (Fsp3) is 0.750. The third kappa shape index (κ3) is 1.10. The van der Waals surface area contributed by atoms with E-state index in [0.29, 0.717) is 12.3 Å². The molecule has 2 heterocycles. The zero-order valence-electron chi connectivity index (χ0n) is 7.27. The SMILES string of the molecule is CCN1C(=O)[C@@H]2[C@H](O)CS[C@@H]2C1=O. The van der Waals surface area contributed by atoms with E-state index in [-0.39, 0.29) is 17.1 Å². The minimum Gasteiger partial charge on any atom is -0.391 e. The van der Waals surface area contributed by atoms with E-state index in [1.165, 1.54) is 16.7 Å². The van der Waals surface area contributed by atoms with Gasteiger partial charge in [0.25, 0.3) is 0 Å². The number of carbonyl (C=O) groups excluding carboxylic acids is 2. The van der Waals surface area contributed by atoms with Gasteiger partial charge in [-0.15, -0.1) is 11.8 Å². The molecule has 2 amide bonds. The Kier molecular flexibility index (Phi) is 2.08. The quantitative estimate of drug-likeness (QED) is 0.579. The maximum absolute atomic E-state index is 11.6. The highest BCUT2D eigenvalue weighted by Crippen LogP contribution is 2.39. The summed E-state index contributed by atoms with van der Waals surface area (Å²) in [4.78, 5) is 24.4. The van der Waals surface area contributed by atoms with Crippen LogP contribution in [0.25, 0.3) is 0 Å². The van der Waals surface area contributed by atoms with Crippen molar-refractivity contribution in [2.24, 2.45) is 5.92 Å². The largest absolute Gasteiger partial charge is 0.391 e. The smallest absolute Gasteiger partial charge is 0.243 e. The van der Waals surface area contributed by atoms with Crippen LogP contribution in [-0.2, 0) is 9.59 Å². The molecule has 1 N–H and O–H groups in total. The summed E-state index contributed by atoms with van der Waals surface area (Å²) in [6, 6.07) is 0. The summed E-state index contributed by atoms with van der Waals surface area (Å²) in [6.45, 7) is 2.19. The van der Waals surface area contributed by atoms with Gasteiger partial charge in [-0.1, -0.05) is 0 Å². The van der Waals surface area contributed by atoms with Gasteiger partial charge < -0.3 is 5.11 Å². The number of hydrogen-bond donors (Lipinski definition) is 1. The van der Waals surface area contributed by atoms with Crippen molar-refractivity contribution in [2.75, 3.05) is 12.3 Å². The number of imide groups is 1. The molecular formula is C8H11NO3S. The molecule has 0 unspecified atom stereocenters. The first-order chi connectivity index (χ1) is 6.16. The fourth-order valence-corrected chi connectivity index (χ4v) is 3.27. The Morgan fingerprint density at radius 2 is 2.23 bits per heavy atom. The van der Waals surface area contributed by atoms with Crippen LogP contribution in [0.15, 0.2) is 0 Å². The predicted molar refractivity (Wildman–Crippen MR) is 48.1 cm³/mol. The molecule has 0 bridgehead atoms. The van der Waals surface area contributed by atoms with Crippen molar-refractivity contribution < 1.29 is 14.7 Å². The molecule has 0 aromatic carbocycles. The molecule has 0 aliphatic carbocycles. The molecule has 0 aromatic rings. The number of hydrogen-bond acceptors (Lipinski definition) is 4. The summed E-state index contributed by atoms with van der Waals surface area (Å²) in [7, 11) is 0. The van der Waals surface area contributed by atoms with Gasteiger partial charge in [-0.05, 0) is 6.92 Å². The topological polar surface area (TPSA) is 57.6 Å². The van der Waals surface area contributed by atoms with E-state index < -0.39 is 12.0 Å². The van der Waals surface area contributed by atoms with Gasteiger partial charge in [0.2, 0.25) is 11.8 Å². The number of aliphatic hydroxyl groups is 1. The van der Waals surface area contributed by atoms with Crippen LogP contribution < -0.4 is 0 Å². The second-order valence-corrected chi connectivity index (χ2v) is 4.44. The molecule has 0 spiro atoms. The van der Waals surface area contributed by atoms with Gasteiger partial charge in [-0.25, -0.2) is 0 Å². The Morgan fingerprint density at radius 1 is 1.54 bits per heavy atom. The molecule has 13 heavy (non-hydrogen) atoms. The lowest BCUT2D eigenvalue weighted by molar-refractivity contribution is -0.139.